The minimum atomic E-state index is -0.134. The molecule has 0 fully saturated rings. The monoisotopic (exact) mass is 441 g/mol. The molecule has 0 radical (unpaired) electrons. The summed E-state index contributed by atoms with van der Waals surface area (Å²) in [6.45, 7) is 4.56. The third-order valence-electron chi connectivity index (χ3n) is 4.89. The van der Waals surface area contributed by atoms with E-state index in [1.165, 1.54) is 22.6 Å². The maximum absolute atomic E-state index is 13.3. The van der Waals surface area contributed by atoms with Crippen molar-refractivity contribution in [2.45, 2.75) is 32.3 Å². The van der Waals surface area contributed by atoms with Crippen molar-refractivity contribution >= 4 is 33.7 Å². The Morgan fingerprint density at radius 1 is 1.30 bits per heavy atom. The van der Waals surface area contributed by atoms with Gasteiger partial charge in [-0.1, -0.05) is 6.08 Å². The molecule has 0 bridgehead atoms. The van der Waals surface area contributed by atoms with Gasteiger partial charge in [0, 0.05) is 22.4 Å². The lowest BCUT2D eigenvalue weighted by Gasteiger charge is -2.19. The van der Waals surface area contributed by atoms with Crippen LogP contribution in [0.4, 0.5) is 5.13 Å². The van der Waals surface area contributed by atoms with Crippen LogP contribution in [-0.4, -0.2) is 29.5 Å². The fraction of sp³-hybridized carbons (Fsp3) is 0.318. The smallest absolute Gasteiger partial charge is 0.260 e. The van der Waals surface area contributed by atoms with Crippen LogP contribution in [0.15, 0.2) is 41.7 Å². The quantitative estimate of drug-likeness (QED) is 0.465. The van der Waals surface area contributed by atoms with Gasteiger partial charge >= 0.3 is 0 Å². The van der Waals surface area contributed by atoms with E-state index in [4.69, 9.17) is 14.5 Å². The van der Waals surface area contributed by atoms with E-state index in [0.29, 0.717) is 30.2 Å². The van der Waals surface area contributed by atoms with Crippen LogP contribution in [0.2, 0.25) is 0 Å². The second-order valence-corrected chi connectivity index (χ2v) is 8.69. The summed E-state index contributed by atoms with van der Waals surface area (Å²) in [6, 6.07) is 5.23. The van der Waals surface area contributed by atoms with Gasteiger partial charge in [0.2, 0.25) is 0 Å². The predicted molar refractivity (Wildman–Crippen MR) is 120 cm³/mol. The Labute approximate surface area is 183 Å². The van der Waals surface area contributed by atoms with E-state index in [1.807, 2.05) is 5.38 Å². The number of aromatic nitrogens is 2. The Balaban J connectivity index is 1.56. The van der Waals surface area contributed by atoms with Crippen molar-refractivity contribution in [2.24, 2.45) is 0 Å². The Morgan fingerprint density at radius 3 is 2.90 bits per heavy atom. The molecule has 0 saturated carbocycles. The average molecular weight is 442 g/mol. The molecule has 2 aromatic heterocycles. The summed E-state index contributed by atoms with van der Waals surface area (Å²) >= 11 is 3.13. The average Bonchev–Trinajstić information content (AvgIpc) is 3.45. The van der Waals surface area contributed by atoms with E-state index in [0.717, 1.165) is 35.8 Å². The number of benzene rings is 1. The maximum atomic E-state index is 13.3. The lowest BCUT2D eigenvalue weighted by atomic mass is 10.0. The zero-order valence-electron chi connectivity index (χ0n) is 16.8. The number of carbonyl (C=O) groups excluding carboxylic acids is 1. The number of hydrogen-bond acceptors (Lipinski definition) is 7. The van der Waals surface area contributed by atoms with Crippen molar-refractivity contribution < 1.29 is 14.3 Å². The first kappa shape index (κ1) is 20.6. The van der Waals surface area contributed by atoms with Gasteiger partial charge in [-0.3, -0.25) is 9.69 Å². The minimum Gasteiger partial charge on any atom is -0.493 e. The van der Waals surface area contributed by atoms with Gasteiger partial charge in [-0.15, -0.1) is 29.3 Å². The number of thiazole rings is 2. The lowest BCUT2D eigenvalue weighted by molar-refractivity contribution is 0.0989. The van der Waals surface area contributed by atoms with E-state index < -0.39 is 0 Å². The van der Waals surface area contributed by atoms with Crippen LogP contribution in [0.5, 0.6) is 11.5 Å². The highest BCUT2D eigenvalue weighted by Gasteiger charge is 2.24. The molecular formula is C22H23N3O3S2. The number of rotatable bonds is 8. The second kappa shape index (κ2) is 9.40. The molecule has 0 spiro atoms. The number of hydrogen-bond donors (Lipinski definition) is 0. The van der Waals surface area contributed by atoms with Crippen LogP contribution in [0.1, 0.15) is 39.5 Å². The molecule has 1 amide bonds. The molecule has 30 heavy (non-hydrogen) atoms. The highest BCUT2D eigenvalue weighted by Crippen LogP contribution is 2.34. The van der Waals surface area contributed by atoms with Gasteiger partial charge in [-0.25, -0.2) is 9.97 Å². The first-order chi connectivity index (χ1) is 14.7. The van der Waals surface area contributed by atoms with Crippen LogP contribution >= 0.6 is 22.7 Å². The summed E-state index contributed by atoms with van der Waals surface area (Å²) in [5.74, 6) is 0.945. The van der Waals surface area contributed by atoms with Gasteiger partial charge in [-0.05, 0) is 43.9 Å². The summed E-state index contributed by atoms with van der Waals surface area (Å²) < 4.78 is 11.3. The molecule has 0 saturated heterocycles. The summed E-state index contributed by atoms with van der Waals surface area (Å²) in [6.07, 6.45) is 6.10. The molecule has 4 rings (SSSR count). The Hall–Kier alpha value is -2.71. The highest BCUT2D eigenvalue weighted by atomic mass is 32.1. The van der Waals surface area contributed by atoms with Crippen molar-refractivity contribution in [3.05, 3.63) is 63.6 Å². The van der Waals surface area contributed by atoms with Gasteiger partial charge in [0.1, 0.15) is 6.61 Å². The Morgan fingerprint density at radius 2 is 2.17 bits per heavy atom. The number of ether oxygens (including phenoxy) is 2. The van der Waals surface area contributed by atoms with Gasteiger partial charge in [0.15, 0.2) is 16.6 Å². The summed E-state index contributed by atoms with van der Waals surface area (Å²) in [4.78, 5) is 25.2. The number of aryl methyl sites for hydroxylation is 2. The molecule has 0 N–H and O–H groups in total. The zero-order valence-corrected chi connectivity index (χ0v) is 18.4. The molecule has 0 unspecified atom stereocenters. The molecule has 1 aliphatic rings. The largest absolute Gasteiger partial charge is 0.493 e. The van der Waals surface area contributed by atoms with Crippen molar-refractivity contribution in [1.82, 2.24) is 9.97 Å². The number of anilines is 1. The van der Waals surface area contributed by atoms with Gasteiger partial charge in [0.05, 0.1) is 24.0 Å². The number of methoxy groups -OCH3 is 1. The highest BCUT2D eigenvalue weighted by molar-refractivity contribution is 7.16. The van der Waals surface area contributed by atoms with Crippen molar-refractivity contribution in [2.75, 3.05) is 18.6 Å². The molecule has 0 atom stereocenters. The van der Waals surface area contributed by atoms with Crippen molar-refractivity contribution in [3.8, 4) is 11.5 Å². The molecule has 3 aromatic rings. The molecule has 1 aliphatic carbocycles. The predicted octanol–water partition coefficient (Wildman–Crippen LogP) is 4.90. The molecule has 6 nitrogen and oxygen atoms in total. The summed E-state index contributed by atoms with van der Waals surface area (Å²) in [7, 11) is 1.57. The van der Waals surface area contributed by atoms with E-state index in [2.05, 4.69) is 11.6 Å². The van der Waals surface area contributed by atoms with Crippen molar-refractivity contribution in [3.63, 3.8) is 0 Å². The normalized spacial score (nSPS) is 12.8. The van der Waals surface area contributed by atoms with E-state index in [1.54, 1.807) is 53.1 Å². The van der Waals surface area contributed by atoms with Crippen LogP contribution in [-0.2, 0) is 19.4 Å². The van der Waals surface area contributed by atoms with E-state index >= 15 is 0 Å². The van der Waals surface area contributed by atoms with E-state index in [9.17, 15) is 4.79 Å². The molecule has 0 aliphatic heterocycles. The number of fused-ring (bicyclic) bond motifs is 1. The molecule has 8 heteroatoms. The Kier molecular flexibility index (Phi) is 6.44. The first-order valence-corrected chi connectivity index (χ1v) is 11.5. The molecule has 2 heterocycles. The van der Waals surface area contributed by atoms with Crippen LogP contribution in [0.3, 0.4) is 0 Å². The fourth-order valence-electron chi connectivity index (χ4n) is 3.37. The molecular weight excluding hydrogens is 418 g/mol. The molecule has 1 aromatic carbocycles. The molecule has 156 valence electrons. The fourth-order valence-corrected chi connectivity index (χ4v) is 5.07. The topological polar surface area (TPSA) is 64.6 Å². The second-order valence-electron chi connectivity index (χ2n) is 6.91. The van der Waals surface area contributed by atoms with Crippen LogP contribution in [0, 0.1) is 0 Å². The van der Waals surface area contributed by atoms with Crippen LogP contribution < -0.4 is 14.4 Å². The number of nitrogens with zero attached hydrogens (tertiary/aromatic N) is 3. The maximum Gasteiger partial charge on any atom is 0.260 e. The summed E-state index contributed by atoms with van der Waals surface area (Å²) in [5, 5.41) is 2.67. The van der Waals surface area contributed by atoms with Crippen LogP contribution in [0.25, 0.3) is 0 Å². The summed E-state index contributed by atoms with van der Waals surface area (Å²) in [5.41, 5.74) is 4.27. The first-order valence-electron chi connectivity index (χ1n) is 9.79. The number of amides is 1. The Bertz CT molecular complexity index is 1010. The van der Waals surface area contributed by atoms with Gasteiger partial charge in [-0.2, -0.15) is 0 Å². The SMILES string of the molecule is C=CCN(C(=O)c1ccc(OCc2cscn2)c(OC)c1)c1nc2c(s1)CCCC2. The van der Waals surface area contributed by atoms with Gasteiger partial charge in [0.25, 0.3) is 5.91 Å². The zero-order chi connectivity index (χ0) is 20.9. The standard InChI is InChI=1S/C22H23N3O3S2/c1-3-10-25(22-24-17-6-4-5-7-20(17)30-22)21(26)15-8-9-18(19(11-15)27-2)28-12-16-13-29-14-23-16/h3,8-9,11,13-14H,1,4-7,10,12H2,2H3. The van der Waals surface area contributed by atoms with E-state index in [-0.39, 0.29) is 5.91 Å². The van der Waals surface area contributed by atoms with Crippen molar-refractivity contribution in [1.29, 1.82) is 0 Å². The third-order valence-corrected chi connectivity index (χ3v) is 6.71. The third kappa shape index (κ3) is 4.39. The van der Waals surface area contributed by atoms with Gasteiger partial charge < -0.3 is 9.47 Å². The lowest BCUT2D eigenvalue weighted by Crippen LogP contribution is -2.31. The minimum absolute atomic E-state index is 0.134. The number of carbonyl (C=O) groups is 1.